The first kappa shape index (κ1) is 11.2. The molecule has 2 nitrogen and oxygen atoms in total. The lowest BCUT2D eigenvalue weighted by Gasteiger charge is -2.12. The molecule has 0 spiro atoms. The van der Waals surface area contributed by atoms with Crippen LogP contribution in [0.5, 0.6) is 5.75 Å². The molecule has 86 valence electrons. The zero-order valence-electron chi connectivity index (χ0n) is 9.61. The Kier molecular flexibility index (Phi) is 3.62. The molecule has 2 N–H and O–H groups in total. The van der Waals surface area contributed by atoms with Crippen LogP contribution in [0.15, 0.2) is 30.9 Å². The maximum Gasteiger partial charge on any atom is 0.122 e. The molecule has 1 aromatic rings. The van der Waals surface area contributed by atoms with Crippen LogP contribution in [-0.2, 0) is 6.42 Å². The van der Waals surface area contributed by atoms with Gasteiger partial charge in [-0.15, -0.1) is 6.58 Å². The van der Waals surface area contributed by atoms with Gasteiger partial charge in [-0.2, -0.15) is 0 Å². The molecule has 1 aromatic carbocycles. The average molecular weight is 217 g/mol. The Balaban J connectivity index is 2.00. The molecule has 0 aromatic heterocycles. The molecular weight excluding hydrogens is 198 g/mol. The van der Waals surface area contributed by atoms with Gasteiger partial charge in [0, 0.05) is 12.5 Å². The molecule has 1 aliphatic heterocycles. The fourth-order valence-corrected chi connectivity index (χ4v) is 2.09. The third kappa shape index (κ3) is 2.45. The summed E-state index contributed by atoms with van der Waals surface area (Å²) in [5.74, 6) is 1.03. The van der Waals surface area contributed by atoms with Crippen molar-refractivity contribution in [3.05, 3.63) is 42.0 Å². The maximum atomic E-state index is 6.15. The first-order valence-corrected chi connectivity index (χ1v) is 5.93. The van der Waals surface area contributed by atoms with Crippen molar-refractivity contribution in [1.29, 1.82) is 0 Å². The van der Waals surface area contributed by atoms with E-state index in [0.717, 1.165) is 38.0 Å². The zero-order valence-corrected chi connectivity index (χ0v) is 9.61. The SMILES string of the molecule is C=CCCCC(N)c1ccc2c(c1)CCO2. The molecule has 0 aliphatic carbocycles. The van der Waals surface area contributed by atoms with Crippen LogP contribution in [0.2, 0.25) is 0 Å². The van der Waals surface area contributed by atoms with Crippen LogP contribution in [-0.4, -0.2) is 6.61 Å². The third-order valence-electron chi connectivity index (χ3n) is 3.07. The molecule has 0 saturated carbocycles. The summed E-state index contributed by atoms with van der Waals surface area (Å²) in [6, 6.07) is 6.47. The number of ether oxygens (including phenoxy) is 1. The van der Waals surface area contributed by atoms with Gasteiger partial charge in [0.05, 0.1) is 6.61 Å². The maximum absolute atomic E-state index is 6.15. The quantitative estimate of drug-likeness (QED) is 0.608. The monoisotopic (exact) mass is 217 g/mol. The Morgan fingerprint density at radius 1 is 1.50 bits per heavy atom. The van der Waals surface area contributed by atoms with Crippen LogP contribution in [0.25, 0.3) is 0 Å². The first-order valence-electron chi connectivity index (χ1n) is 5.93. The van der Waals surface area contributed by atoms with Crippen LogP contribution < -0.4 is 10.5 Å². The summed E-state index contributed by atoms with van der Waals surface area (Å²) in [4.78, 5) is 0. The topological polar surface area (TPSA) is 35.2 Å². The van der Waals surface area contributed by atoms with E-state index in [2.05, 4.69) is 18.7 Å². The van der Waals surface area contributed by atoms with E-state index >= 15 is 0 Å². The van der Waals surface area contributed by atoms with Crippen LogP contribution in [0.3, 0.4) is 0 Å². The van der Waals surface area contributed by atoms with Gasteiger partial charge in [0.2, 0.25) is 0 Å². The van der Waals surface area contributed by atoms with Gasteiger partial charge >= 0.3 is 0 Å². The number of unbranched alkanes of at least 4 members (excludes halogenated alkanes) is 1. The van der Waals surface area contributed by atoms with Crippen LogP contribution in [0.4, 0.5) is 0 Å². The van der Waals surface area contributed by atoms with E-state index in [-0.39, 0.29) is 6.04 Å². The van der Waals surface area contributed by atoms with Gasteiger partial charge in [0.1, 0.15) is 5.75 Å². The summed E-state index contributed by atoms with van der Waals surface area (Å²) >= 11 is 0. The molecule has 0 fully saturated rings. The minimum Gasteiger partial charge on any atom is -0.493 e. The Bertz CT molecular complexity index is 373. The molecule has 1 atom stereocenters. The van der Waals surface area contributed by atoms with Crippen molar-refractivity contribution >= 4 is 0 Å². The van der Waals surface area contributed by atoms with Gasteiger partial charge < -0.3 is 10.5 Å². The van der Waals surface area contributed by atoms with Crippen LogP contribution in [0.1, 0.15) is 36.4 Å². The zero-order chi connectivity index (χ0) is 11.4. The van der Waals surface area contributed by atoms with Crippen LogP contribution in [0, 0.1) is 0 Å². The van der Waals surface area contributed by atoms with Gasteiger partial charge in [-0.1, -0.05) is 18.2 Å². The highest BCUT2D eigenvalue weighted by Gasteiger charge is 2.14. The van der Waals surface area contributed by atoms with Crippen molar-refractivity contribution in [2.75, 3.05) is 6.61 Å². The highest BCUT2D eigenvalue weighted by Crippen LogP contribution is 2.28. The number of benzene rings is 1. The number of allylic oxidation sites excluding steroid dienone is 1. The number of fused-ring (bicyclic) bond motifs is 1. The van der Waals surface area contributed by atoms with Crippen molar-refractivity contribution in [2.45, 2.75) is 31.7 Å². The molecule has 0 amide bonds. The van der Waals surface area contributed by atoms with Gasteiger partial charge in [-0.3, -0.25) is 0 Å². The van der Waals surface area contributed by atoms with E-state index in [4.69, 9.17) is 10.5 Å². The molecule has 0 bridgehead atoms. The fourth-order valence-electron chi connectivity index (χ4n) is 2.09. The van der Waals surface area contributed by atoms with E-state index in [1.165, 1.54) is 11.1 Å². The smallest absolute Gasteiger partial charge is 0.122 e. The van der Waals surface area contributed by atoms with Crippen molar-refractivity contribution < 1.29 is 4.74 Å². The van der Waals surface area contributed by atoms with Gasteiger partial charge in [0.25, 0.3) is 0 Å². The Morgan fingerprint density at radius 2 is 2.38 bits per heavy atom. The van der Waals surface area contributed by atoms with E-state index in [9.17, 15) is 0 Å². The number of nitrogens with two attached hydrogens (primary N) is 1. The predicted octanol–water partition coefficient (Wildman–Crippen LogP) is 2.98. The molecule has 1 aliphatic rings. The van der Waals surface area contributed by atoms with E-state index in [0.29, 0.717) is 0 Å². The lowest BCUT2D eigenvalue weighted by Crippen LogP contribution is -2.10. The second-order valence-corrected chi connectivity index (χ2v) is 4.29. The second kappa shape index (κ2) is 5.17. The molecular formula is C14H19NO. The summed E-state index contributed by atoms with van der Waals surface area (Å²) in [5, 5.41) is 0. The number of hydrogen-bond donors (Lipinski definition) is 1. The Labute approximate surface area is 97.1 Å². The summed E-state index contributed by atoms with van der Waals surface area (Å²) in [6.45, 7) is 4.53. The molecule has 0 radical (unpaired) electrons. The summed E-state index contributed by atoms with van der Waals surface area (Å²) in [7, 11) is 0. The Hall–Kier alpha value is -1.28. The molecule has 1 heterocycles. The molecule has 16 heavy (non-hydrogen) atoms. The number of hydrogen-bond acceptors (Lipinski definition) is 2. The average Bonchev–Trinajstić information content (AvgIpc) is 2.76. The summed E-state index contributed by atoms with van der Waals surface area (Å²) in [5.41, 5.74) is 8.69. The van der Waals surface area contributed by atoms with Gasteiger partial charge in [-0.05, 0) is 36.5 Å². The third-order valence-corrected chi connectivity index (χ3v) is 3.07. The van der Waals surface area contributed by atoms with Crippen molar-refractivity contribution in [3.8, 4) is 5.75 Å². The normalized spacial score (nSPS) is 15.3. The minimum atomic E-state index is 0.144. The second-order valence-electron chi connectivity index (χ2n) is 4.29. The fraction of sp³-hybridized carbons (Fsp3) is 0.429. The molecule has 2 rings (SSSR count). The molecule has 1 unspecified atom stereocenters. The first-order chi connectivity index (χ1) is 7.81. The summed E-state index contributed by atoms with van der Waals surface area (Å²) < 4.78 is 5.48. The molecule has 2 heteroatoms. The van der Waals surface area contributed by atoms with Gasteiger partial charge in [0.15, 0.2) is 0 Å². The highest BCUT2D eigenvalue weighted by atomic mass is 16.5. The standard InChI is InChI=1S/C14H19NO/c1-2-3-4-5-13(15)11-6-7-14-12(10-11)8-9-16-14/h2,6-7,10,13H,1,3-5,8-9,15H2. The summed E-state index contributed by atoms with van der Waals surface area (Å²) in [6.07, 6.45) is 6.14. The van der Waals surface area contributed by atoms with Crippen molar-refractivity contribution in [2.24, 2.45) is 5.73 Å². The largest absolute Gasteiger partial charge is 0.493 e. The van der Waals surface area contributed by atoms with E-state index in [1.54, 1.807) is 0 Å². The minimum absolute atomic E-state index is 0.144. The highest BCUT2D eigenvalue weighted by molar-refractivity contribution is 5.40. The lowest BCUT2D eigenvalue weighted by molar-refractivity contribution is 0.357. The van der Waals surface area contributed by atoms with E-state index < -0.39 is 0 Å². The molecule has 0 saturated heterocycles. The van der Waals surface area contributed by atoms with Crippen LogP contribution >= 0.6 is 0 Å². The van der Waals surface area contributed by atoms with E-state index in [1.807, 2.05) is 12.1 Å². The number of rotatable bonds is 5. The van der Waals surface area contributed by atoms with Gasteiger partial charge in [-0.25, -0.2) is 0 Å². The van der Waals surface area contributed by atoms with Crippen molar-refractivity contribution in [1.82, 2.24) is 0 Å². The Morgan fingerprint density at radius 3 is 3.19 bits per heavy atom. The van der Waals surface area contributed by atoms with Crippen molar-refractivity contribution in [3.63, 3.8) is 0 Å². The predicted molar refractivity (Wildman–Crippen MR) is 66.6 cm³/mol. The lowest BCUT2D eigenvalue weighted by atomic mass is 9.99.